The number of alkyl halides is 6. The molecule has 262 valence electrons. The van der Waals surface area contributed by atoms with Crippen LogP contribution < -0.4 is 4.90 Å². The fraction of sp³-hybridized carbons (Fsp3) is 0.515. The van der Waals surface area contributed by atoms with Gasteiger partial charge in [0.15, 0.2) is 0 Å². The molecule has 3 heterocycles. The normalized spacial score (nSPS) is 18.9. The van der Waals surface area contributed by atoms with E-state index >= 15 is 0 Å². The number of rotatable bonds is 10. The Morgan fingerprint density at radius 1 is 0.938 bits per heavy atom. The van der Waals surface area contributed by atoms with Crippen molar-refractivity contribution in [3.63, 3.8) is 0 Å². The molecule has 48 heavy (non-hydrogen) atoms. The molecular weight excluding hydrogens is 644 g/mol. The van der Waals surface area contributed by atoms with E-state index < -0.39 is 59.1 Å². The Balaban J connectivity index is 1.73. The number of halogens is 6. The molecule has 1 N–H and O–H groups in total. The van der Waals surface area contributed by atoms with Gasteiger partial charge < -0.3 is 24.2 Å². The number of piperidine rings is 1. The molecule has 15 heteroatoms. The minimum Gasteiger partial charge on any atom is -0.481 e. The van der Waals surface area contributed by atoms with Crippen LogP contribution in [0.5, 0.6) is 0 Å². The first-order valence-electron chi connectivity index (χ1n) is 15.5. The van der Waals surface area contributed by atoms with Gasteiger partial charge in [-0.15, -0.1) is 0 Å². The maximum Gasteiger partial charge on any atom is 0.416 e. The van der Waals surface area contributed by atoms with Crippen LogP contribution in [0.2, 0.25) is 0 Å². The minimum atomic E-state index is -5.02. The van der Waals surface area contributed by atoms with Crippen molar-refractivity contribution < 1.29 is 45.8 Å². The predicted octanol–water partition coefficient (Wildman–Crippen LogP) is 7.80. The van der Waals surface area contributed by atoms with Crippen LogP contribution >= 0.6 is 0 Å². The number of carboxylic acids is 1. The summed E-state index contributed by atoms with van der Waals surface area (Å²) in [6, 6.07) is 1.97. The number of aliphatic carboxylic acids is 1. The standard InChI is InChI=1S/C33H39F6N5O4/c1-6-25-13-27(14-26(7-2)44(25)30(47)48-19-31(3,4)28(45)46)43(29-40-15-22(16-41-29)21-8-9-42(5)18-21)17-20-10-23(32(34,35)36)12-24(11-20)33(37,38)39/h8-12,15-16,18,25-27H,6-7,13-14,17,19H2,1-5H3,(H,45,46)/t25-,26+,27+. The van der Waals surface area contributed by atoms with Gasteiger partial charge in [-0.05, 0) is 69.4 Å². The van der Waals surface area contributed by atoms with E-state index in [1.807, 2.05) is 43.9 Å². The molecule has 0 saturated carbocycles. The molecule has 0 bridgehead atoms. The molecule has 1 aliphatic heterocycles. The van der Waals surface area contributed by atoms with Crippen molar-refractivity contribution in [2.75, 3.05) is 11.5 Å². The Bertz CT molecular complexity index is 1540. The second-order valence-corrected chi connectivity index (χ2v) is 12.8. The maximum absolute atomic E-state index is 13.8. The number of hydrogen-bond donors (Lipinski definition) is 1. The predicted molar refractivity (Wildman–Crippen MR) is 165 cm³/mol. The average molecular weight is 684 g/mol. The van der Waals surface area contributed by atoms with Gasteiger partial charge in [0.05, 0.1) is 16.5 Å². The number of anilines is 1. The number of nitrogens with zero attached hydrogens (tertiary/aromatic N) is 5. The van der Waals surface area contributed by atoms with Crippen LogP contribution in [-0.2, 0) is 35.5 Å². The first-order chi connectivity index (χ1) is 22.3. The van der Waals surface area contributed by atoms with Crippen LogP contribution in [0.3, 0.4) is 0 Å². The van der Waals surface area contributed by atoms with E-state index in [1.54, 1.807) is 22.2 Å². The van der Waals surface area contributed by atoms with E-state index in [2.05, 4.69) is 9.97 Å². The number of benzene rings is 1. The molecule has 0 radical (unpaired) electrons. The second kappa shape index (κ2) is 14.0. The molecule has 3 aromatic rings. The summed E-state index contributed by atoms with van der Waals surface area (Å²) < 4.78 is 89.9. The maximum atomic E-state index is 13.8. The monoisotopic (exact) mass is 683 g/mol. The molecule has 1 fully saturated rings. The third-order valence-electron chi connectivity index (χ3n) is 8.67. The summed E-state index contributed by atoms with van der Waals surface area (Å²) in [5.41, 5.74) is -2.92. The molecule has 0 unspecified atom stereocenters. The van der Waals surface area contributed by atoms with E-state index in [9.17, 15) is 41.0 Å². The summed E-state index contributed by atoms with van der Waals surface area (Å²) in [5.74, 6) is -1.03. The van der Waals surface area contributed by atoms with Gasteiger partial charge in [0.25, 0.3) is 0 Å². The van der Waals surface area contributed by atoms with E-state index in [0.717, 1.165) is 5.56 Å². The highest BCUT2D eigenvalue weighted by Gasteiger charge is 2.42. The fourth-order valence-corrected chi connectivity index (χ4v) is 5.87. The number of amides is 1. The quantitative estimate of drug-likeness (QED) is 0.218. The molecular formula is C33H39F6N5O4. The molecule has 1 amide bonds. The number of aryl methyl sites for hydroxylation is 1. The smallest absolute Gasteiger partial charge is 0.416 e. The van der Waals surface area contributed by atoms with Gasteiger partial charge >= 0.3 is 24.4 Å². The van der Waals surface area contributed by atoms with Crippen LogP contribution in [-0.4, -0.2) is 61.3 Å². The number of hydrogen-bond acceptors (Lipinski definition) is 6. The summed E-state index contributed by atoms with van der Waals surface area (Å²) in [6.45, 7) is 5.83. The Morgan fingerprint density at radius 2 is 1.48 bits per heavy atom. The van der Waals surface area contributed by atoms with Gasteiger partial charge in [-0.25, -0.2) is 14.8 Å². The second-order valence-electron chi connectivity index (χ2n) is 12.8. The van der Waals surface area contributed by atoms with E-state index in [1.165, 1.54) is 13.8 Å². The molecule has 4 rings (SSSR count). The highest BCUT2D eigenvalue weighted by Crippen LogP contribution is 2.38. The van der Waals surface area contributed by atoms with Gasteiger partial charge in [0.2, 0.25) is 5.95 Å². The average Bonchev–Trinajstić information content (AvgIpc) is 3.47. The summed E-state index contributed by atoms with van der Waals surface area (Å²) in [7, 11) is 1.84. The van der Waals surface area contributed by atoms with Crippen molar-refractivity contribution in [3.05, 3.63) is 65.7 Å². The lowest BCUT2D eigenvalue weighted by Crippen LogP contribution is -2.57. The zero-order valence-corrected chi connectivity index (χ0v) is 27.3. The van der Waals surface area contributed by atoms with Crippen LogP contribution in [0.25, 0.3) is 11.1 Å². The van der Waals surface area contributed by atoms with E-state index in [4.69, 9.17) is 4.74 Å². The molecule has 0 aliphatic carbocycles. The molecule has 1 saturated heterocycles. The van der Waals surface area contributed by atoms with Gasteiger partial charge in [0.1, 0.15) is 6.61 Å². The van der Waals surface area contributed by atoms with Crippen molar-refractivity contribution in [3.8, 4) is 11.1 Å². The Hall–Kier alpha value is -4.30. The van der Waals surface area contributed by atoms with Crippen LogP contribution in [0.1, 0.15) is 70.1 Å². The topological polar surface area (TPSA) is 101 Å². The fourth-order valence-electron chi connectivity index (χ4n) is 5.87. The van der Waals surface area contributed by atoms with Gasteiger partial charge in [-0.2, -0.15) is 26.3 Å². The van der Waals surface area contributed by atoms with Crippen LogP contribution in [0.15, 0.2) is 49.1 Å². The Labute approximate surface area is 274 Å². The van der Waals surface area contributed by atoms with Gasteiger partial charge in [-0.1, -0.05) is 13.8 Å². The first-order valence-corrected chi connectivity index (χ1v) is 15.5. The number of carbonyl (C=O) groups excluding carboxylic acids is 1. The van der Waals surface area contributed by atoms with Crippen molar-refractivity contribution in [1.82, 2.24) is 19.4 Å². The molecule has 1 aliphatic rings. The number of ether oxygens (including phenoxy) is 1. The molecule has 2 aromatic heterocycles. The third kappa shape index (κ3) is 8.40. The number of carboxylic acid groups (broad SMARTS) is 1. The number of likely N-dealkylation sites (tertiary alicyclic amines) is 1. The van der Waals surface area contributed by atoms with Crippen LogP contribution in [0.4, 0.5) is 37.1 Å². The lowest BCUT2D eigenvalue weighted by atomic mass is 9.87. The summed E-state index contributed by atoms with van der Waals surface area (Å²) in [6.07, 6.45) is -2.50. The van der Waals surface area contributed by atoms with Crippen molar-refractivity contribution in [1.29, 1.82) is 0 Å². The molecule has 0 spiro atoms. The highest BCUT2D eigenvalue weighted by atomic mass is 19.4. The molecule has 9 nitrogen and oxygen atoms in total. The number of aromatic nitrogens is 3. The summed E-state index contributed by atoms with van der Waals surface area (Å²) in [4.78, 5) is 37.1. The van der Waals surface area contributed by atoms with Crippen molar-refractivity contribution >= 4 is 18.0 Å². The minimum absolute atomic E-state index is 0.0922. The molecule has 3 atom stereocenters. The van der Waals surface area contributed by atoms with Gasteiger partial charge in [0, 0.05) is 67.6 Å². The highest BCUT2D eigenvalue weighted by molar-refractivity contribution is 5.75. The first kappa shape index (κ1) is 36.5. The summed E-state index contributed by atoms with van der Waals surface area (Å²) >= 11 is 0. The Morgan fingerprint density at radius 3 is 1.92 bits per heavy atom. The summed E-state index contributed by atoms with van der Waals surface area (Å²) in [5, 5.41) is 9.44. The molecule has 1 aromatic carbocycles. The van der Waals surface area contributed by atoms with E-state index in [0.29, 0.717) is 30.5 Å². The van der Waals surface area contributed by atoms with Gasteiger partial charge in [-0.3, -0.25) is 4.79 Å². The lowest BCUT2D eigenvalue weighted by Gasteiger charge is -2.47. The van der Waals surface area contributed by atoms with Crippen LogP contribution in [0, 0.1) is 5.41 Å². The third-order valence-corrected chi connectivity index (χ3v) is 8.67. The lowest BCUT2D eigenvalue weighted by molar-refractivity contribution is -0.149. The van der Waals surface area contributed by atoms with Crippen molar-refractivity contribution in [2.24, 2.45) is 12.5 Å². The SMILES string of the molecule is CC[C@@H]1C[C@H](N(Cc2cc(C(F)(F)F)cc(C(F)(F)F)c2)c2ncc(-c3ccn(C)c3)cn2)C[C@H](CC)N1C(=O)OCC(C)(C)C(=O)O. The van der Waals surface area contributed by atoms with E-state index in [-0.39, 0.29) is 43.6 Å². The largest absolute Gasteiger partial charge is 0.481 e. The zero-order chi connectivity index (χ0) is 35.6. The zero-order valence-electron chi connectivity index (χ0n) is 27.3. The Kier molecular flexibility index (Phi) is 10.7. The van der Waals surface area contributed by atoms with Crippen molar-refractivity contribution in [2.45, 2.75) is 90.4 Å². The number of carbonyl (C=O) groups is 2.